The van der Waals surface area contributed by atoms with Gasteiger partial charge in [-0.05, 0) is 12.5 Å². The molecule has 1 aromatic heterocycles. The molecule has 0 aliphatic rings. The quantitative estimate of drug-likeness (QED) is 0.488. The van der Waals surface area contributed by atoms with Gasteiger partial charge in [0.25, 0.3) is 0 Å². The van der Waals surface area contributed by atoms with Crippen molar-refractivity contribution in [2.24, 2.45) is 0 Å². The van der Waals surface area contributed by atoms with Crippen LogP contribution in [-0.2, 0) is 16.1 Å². The number of alkyl carbamates (subject to hydrolysis) is 1. The van der Waals surface area contributed by atoms with Crippen molar-refractivity contribution in [1.29, 1.82) is 0 Å². The molecule has 6 nitrogen and oxygen atoms in total. The van der Waals surface area contributed by atoms with Crippen molar-refractivity contribution in [1.82, 2.24) is 10.3 Å². The molecule has 1 N–H and O–H groups in total. The number of benzene rings is 1. The summed E-state index contributed by atoms with van der Waals surface area (Å²) in [6.45, 7) is 2.60. The minimum atomic E-state index is -0.490. The Kier molecular flexibility index (Phi) is 7.47. The molecule has 0 atom stereocenters. The van der Waals surface area contributed by atoms with Crippen LogP contribution >= 0.6 is 11.3 Å². The average molecular weight is 358 g/mol. The van der Waals surface area contributed by atoms with Crippen molar-refractivity contribution in [2.75, 3.05) is 13.2 Å². The summed E-state index contributed by atoms with van der Waals surface area (Å²) >= 11 is 1.28. The van der Waals surface area contributed by atoms with Gasteiger partial charge in [0.1, 0.15) is 11.5 Å². The lowest BCUT2D eigenvalue weighted by Gasteiger charge is -2.05. The largest absolute Gasteiger partial charge is 0.461 e. The molecule has 2 rings (SSSR count). The molecule has 7 heteroatoms. The maximum absolute atomic E-state index is 11.7. The number of nitrogens with one attached hydrogen (secondary N) is 1. The minimum Gasteiger partial charge on any atom is -0.461 e. The Bertz CT molecular complexity index is 762. The van der Waals surface area contributed by atoms with E-state index in [1.54, 1.807) is 12.4 Å². The Morgan fingerprint density at radius 1 is 1.24 bits per heavy atom. The molecule has 1 aromatic carbocycles. The molecule has 0 aliphatic heterocycles. The predicted molar refractivity (Wildman–Crippen MR) is 94.2 cm³/mol. The average Bonchev–Trinajstić information content (AvgIpc) is 3.09. The molecule has 130 valence electrons. The van der Waals surface area contributed by atoms with Crippen molar-refractivity contribution in [2.45, 2.75) is 20.0 Å². The first-order chi connectivity index (χ1) is 12.2. The van der Waals surface area contributed by atoms with E-state index in [1.807, 2.05) is 30.3 Å². The number of hydrogen-bond acceptors (Lipinski definition) is 6. The fraction of sp³-hybridized carbons (Fsp3) is 0.278. The summed E-state index contributed by atoms with van der Waals surface area (Å²) in [5.41, 5.74) is 2.71. The highest BCUT2D eigenvalue weighted by molar-refractivity contribution is 7.10. The van der Waals surface area contributed by atoms with Gasteiger partial charge in [-0.1, -0.05) is 42.2 Å². The van der Waals surface area contributed by atoms with Crippen LogP contribution in [0, 0.1) is 11.8 Å². The normalized spacial score (nSPS) is 9.64. The van der Waals surface area contributed by atoms with Gasteiger partial charge in [-0.15, -0.1) is 11.3 Å². The maximum Gasteiger partial charge on any atom is 0.407 e. The summed E-state index contributed by atoms with van der Waals surface area (Å²) in [5.74, 6) is 5.30. The van der Waals surface area contributed by atoms with Crippen LogP contribution < -0.4 is 5.32 Å². The first-order valence-corrected chi connectivity index (χ1v) is 8.62. The Morgan fingerprint density at radius 3 is 2.80 bits per heavy atom. The maximum atomic E-state index is 11.7. The monoisotopic (exact) mass is 358 g/mol. The Balaban J connectivity index is 1.71. The van der Waals surface area contributed by atoms with Crippen LogP contribution in [0.2, 0.25) is 0 Å². The van der Waals surface area contributed by atoms with E-state index in [0.29, 0.717) is 17.8 Å². The molecule has 2 aromatic rings. The zero-order chi connectivity index (χ0) is 17.9. The molecule has 0 saturated heterocycles. The lowest BCUT2D eigenvalue weighted by molar-refractivity contribution is 0.0520. The van der Waals surface area contributed by atoms with Gasteiger partial charge in [0.05, 0.1) is 12.1 Å². The van der Waals surface area contributed by atoms with Gasteiger partial charge in [0, 0.05) is 13.0 Å². The number of amides is 1. The van der Waals surface area contributed by atoms with Gasteiger partial charge in [0.2, 0.25) is 0 Å². The number of rotatable bonds is 6. The SMILES string of the molecule is CCOC(=O)c1ncsc1C#CCCNC(=O)OCc1ccccc1. The lowest BCUT2D eigenvalue weighted by Crippen LogP contribution is -2.24. The standard InChI is InChI=1S/C18H18N2O4S/c1-2-23-17(21)16-15(25-13-20-16)10-6-7-11-19-18(22)24-12-14-8-4-3-5-9-14/h3-5,8-9,13H,2,7,11-12H2,1H3,(H,19,22). The van der Waals surface area contributed by atoms with Gasteiger partial charge in [-0.3, -0.25) is 0 Å². The van der Waals surface area contributed by atoms with E-state index in [4.69, 9.17) is 9.47 Å². The van der Waals surface area contributed by atoms with E-state index >= 15 is 0 Å². The van der Waals surface area contributed by atoms with Crippen LogP contribution in [0.25, 0.3) is 0 Å². The first kappa shape index (κ1) is 18.5. The van der Waals surface area contributed by atoms with E-state index in [0.717, 1.165) is 5.56 Å². The Labute approximate surface area is 150 Å². The van der Waals surface area contributed by atoms with Crippen LogP contribution in [0.15, 0.2) is 35.8 Å². The number of esters is 1. The zero-order valence-corrected chi connectivity index (χ0v) is 14.6. The highest BCUT2D eigenvalue weighted by atomic mass is 32.1. The minimum absolute atomic E-state index is 0.224. The second kappa shape index (κ2) is 10.1. The molecule has 0 unspecified atom stereocenters. The summed E-state index contributed by atoms with van der Waals surface area (Å²) in [6, 6.07) is 9.44. The summed E-state index contributed by atoms with van der Waals surface area (Å²) in [5, 5.41) is 2.62. The van der Waals surface area contributed by atoms with Crippen molar-refractivity contribution >= 4 is 23.4 Å². The Morgan fingerprint density at radius 2 is 2.04 bits per heavy atom. The molecule has 1 heterocycles. The highest BCUT2D eigenvalue weighted by Gasteiger charge is 2.14. The molecule has 0 radical (unpaired) electrons. The van der Waals surface area contributed by atoms with Crippen LogP contribution in [0.4, 0.5) is 4.79 Å². The van der Waals surface area contributed by atoms with Gasteiger partial charge in [-0.2, -0.15) is 0 Å². The molecule has 1 amide bonds. The van der Waals surface area contributed by atoms with Crippen LogP contribution in [0.5, 0.6) is 0 Å². The number of carbonyl (C=O) groups excluding carboxylic acids is 2. The van der Waals surface area contributed by atoms with Gasteiger partial charge in [0.15, 0.2) is 5.69 Å². The summed E-state index contributed by atoms with van der Waals surface area (Å²) in [7, 11) is 0. The molecular weight excluding hydrogens is 340 g/mol. The summed E-state index contributed by atoms with van der Waals surface area (Å²) < 4.78 is 10.0. The summed E-state index contributed by atoms with van der Waals surface area (Å²) in [4.78, 5) is 27.8. The van der Waals surface area contributed by atoms with Gasteiger partial charge >= 0.3 is 12.1 Å². The summed E-state index contributed by atoms with van der Waals surface area (Å²) in [6.07, 6.45) is -0.0590. The number of thiazole rings is 1. The molecule has 25 heavy (non-hydrogen) atoms. The van der Waals surface area contributed by atoms with E-state index in [-0.39, 0.29) is 18.9 Å². The third-order valence-corrected chi connectivity index (χ3v) is 3.71. The van der Waals surface area contributed by atoms with Crippen LogP contribution in [0.3, 0.4) is 0 Å². The third kappa shape index (κ3) is 6.28. The lowest BCUT2D eigenvalue weighted by atomic mass is 10.2. The Hall–Kier alpha value is -2.85. The molecule has 0 spiro atoms. The van der Waals surface area contributed by atoms with Gasteiger partial charge in [-0.25, -0.2) is 14.6 Å². The number of ether oxygens (including phenoxy) is 2. The van der Waals surface area contributed by atoms with E-state index in [1.165, 1.54) is 11.3 Å². The molecule has 0 bridgehead atoms. The molecule has 0 saturated carbocycles. The third-order valence-electron chi connectivity index (χ3n) is 2.97. The molecule has 0 fully saturated rings. The number of aromatic nitrogens is 1. The first-order valence-electron chi connectivity index (χ1n) is 7.74. The number of hydrogen-bond donors (Lipinski definition) is 1. The molecular formula is C18H18N2O4S. The van der Waals surface area contributed by atoms with Crippen molar-refractivity contribution < 1.29 is 19.1 Å². The van der Waals surface area contributed by atoms with Crippen molar-refractivity contribution in [3.05, 3.63) is 52.0 Å². The van der Waals surface area contributed by atoms with E-state index in [2.05, 4.69) is 22.1 Å². The van der Waals surface area contributed by atoms with Gasteiger partial charge < -0.3 is 14.8 Å². The van der Waals surface area contributed by atoms with Crippen LogP contribution in [-0.4, -0.2) is 30.2 Å². The zero-order valence-electron chi connectivity index (χ0n) is 13.8. The van der Waals surface area contributed by atoms with Crippen molar-refractivity contribution in [3.8, 4) is 11.8 Å². The smallest absolute Gasteiger partial charge is 0.407 e. The van der Waals surface area contributed by atoms with Crippen LogP contribution in [0.1, 0.15) is 34.3 Å². The number of carbonyl (C=O) groups is 2. The predicted octanol–water partition coefficient (Wildman–Crippen LogP) is 2.99. The van der Waals surface area contributed by atoms with E-state index in [9.17, 15) is 9.59 Å². The van der Waals surface area contributed by atoms with Crippen molar-refractivity contribution in [3.63, 3.8) is 0 Å². The highest BCUT2D eigenvalue weighted by Crippen LogP contribution is 2.12. The topological polar surface area (TPSA) is 77.5 Å². The molecule has 0 aliphatic carbocycles. The second-order valence-corrected chi connectivity index (χ2v) is 5.65. The van der Waals surface area contributed by atoms with E-state index < -0.39 is 12.1 Å². The fourth-order valence-electron chi connectivity index (χ4n) is 1.82. The fourth-order valence-corrected chi connectivity index (χ4v) is 2.47. The second-order valence-electron chi connectivity index (χ2n) is 4.79. The number of nitrogens with zero attached hydrogens (tertiary/aromatic N) is 1.